The molecule has 0 saturated carbocycles. The van der Waals surface area contributed by atoms with Gasteiger partial charge in [-0.25, -0.2) is 0 Å². The van der Waals surface area contributed by atoms with Gasteiger partial charge in [-0.05, 0) is 30.7 Å². The Hall–Kier alpha value is 0.300. The van der Waals surface area contributed by atoms with Gasteiger partial charge in [-0.1, -0.05) is 34.8 Å². The molecule has 15 heavy (non-hydrogen) atoms. The highest BCUT2D eigenvalue weighted by Crippen LogP contribution is 2.33. The van der Waals surface area contributed by atoms with Crippen LogP contribution in [0.25, 0.3) is 0 Å². The van der Waals surface area contributed by atoms with E-state index in [0.717, 1.165) is 5.56 Å². The van der Waals surface area contributed by atoms with Crippen LogP contribution in [-0.2, 0) is 0 Å². The summed E-state index contributed by atoms with van der Waals surface area (Å²) in [4.78, 5) is 0. The molecule has 0 fully saturated rings. The molecule has 1 atom stereocenters. The SMILES string of the molecule is Cl.NCC[C@H](N)c1cc(Cl)cc(Cl)c1Cl. The van der Waals surface area contributed by atoms with Gasteiger partial charge in [0.15, 0.2) is 0 Å². The van der Waals surface area contributed by atoms with Crippen molar-refractivity contribution in [3.05, 3.63) is 32.8 Å². The summed E-state index contributed by atoms with van der Waals surface area (Å²) in [5.74, 6) is 0. The van der Waals surface area contributed by atoms with Crippen LogP contribution in [0.5, 0.6) is 0 Å². The quantitative estimate of drug-likeness (QED) is 0.838. The minimum absolute atomic E-state index is 0. The van der Waals surface area contributed by atoms with Crippen molar-refractivity contribution in [3.8, 4) is 0 Å². The van der Waals surface area contributed by atoms with E-state index in [2.05, 4.69) is 0 Å². The summed E-state index contributed by atoms with van der Waals surface area (Å²) in [6, 6.07) is 3.09. The molecular formula is C9H12Cl4N2. The second-order valence-electron chi connectivity index (χ2n) is 2.97. The van der Waals surface area contributed by atoms with Gasteiger partial charge in [-0.3, -0.25) is 0 Å². The van der Waals surface area contributed by atoms with E-state index in [1.807, 2.05) is 0 Å². The van der Waals surface area contributed by atoms with E-state index >= 15 is 0 Å². The fraction of sp³-hybridized carbons (Fsp3) is 0.333. The van der Waals surface area contributed by atoms with Gasteiger partial charge in [-0.15, -0.1) is 12.4 Å². The standard InChI is InChI=1S/C9H11Cl3N2.ClH/c10-5-3-6(8(14)1-2-13)9(12)7(11)4-5;/h3-4,8H,1-2,13-14H2;1H/t8-;/m0./s1. The molecule has 86 valence electrons. The van der Waals surface area contributed by atoms with Crippen LogP contribution in [0.4, 0.5) is 0 Å². The maximum atomic E-state index is 5.98. The Bertz CT molecular complexity index is 330. The Morgan fingerprint density at radius 3 is 2.33 bits per heavy atom. The highest BCUT2D eigenvalue weighted by molar-refractivity contribution is 6.43. The van der Waals surface area contributed by atoms with Crippen LogP contribution in [0, 0.1) is 0 Å². The van der Waals surface area contributed by atoms with Gasteiger partial charge < -0.3 is 11.5 Å². The van der Waals surface area contributed by atoms with Crippen LogP contribution in [0.3, 0.4) is 0 Å². The van der Waals surface area contributed by atoms with Gasteiger partial charge in [-0.2, -0.15) is 0 Å². The lowest BCUT2D eigenvalue weighted by atomic mass is 10.0. The molecule has 1 aromatic rings. The van der Waals surface area contributed by atoms with E-state index < -0.39 is 0 Å². The summed E-state index contributed by atoms with van der Waals surface area (Å²) in [7, 11) is 0. The first-order chi connectivity index (χ1) is 6.56. The minimum atomic E-state index is -0.219. The average Bonchev–Trinajstić information content (AvgIpc) is 2.11. The normalized spacial score (nSPS) is 12.1. The molecule has 0 heterocycles. The van der Waals surface area contributed by atoms with Gasteiger partial charge in [0.25, 0.3) is 0 Å². The van der Waals surface area contributed by atoms with E-state index in [1.165, 1.54) is 0 Å². The van der Waals surface area contributed by atoms with E-state index in [1.54, 1.807) is 12.1 Å². The van der Waals surface area contributed by atoms with Crippen molar-refractivity contribution in [2.24, 2.45) is 11.5 Å². The maximum absolute atomic E-state index is 5.98. The summed E-state index contributed by atoms with van der Waals surface area (Å²) in [5, 5.41) is 1.40. The Kier molecular flexibility index (Phi) is 6.93. The summed E-state index contributed by atoms with van der Waals surface area (Å²) in [6.45, 7) is 0.502. The van der Waals surface area contributed by atoms with Gasteiger partial charge in [0.2, 0.25) is 0 Å². The van der Waals surface area contributed by atoms with E-state index in [9.17, 15) is 0 Å². The number of hydrogen-bond donors (Lipinski definition) is 2. The average molecular weight is 290 g/mol. The van der Waals surface area contributed by atoms with Crippen molar-refractivity contribution in [2.75, 3.05) is 6.54 Å². The van der Waals surface area contributed by atoms with Crippen molar-refractivity contribution >= 4 is 47.2 Å². The number of nitrogens with two attached hydrogens (primary N) is 2. The molecule has 0 aliphatic carbocycles. The van der Waals surface area contributed by atoms with Crippen LogP contribution in [-0.4, -0.2) is 6.54 Å². The Morgan fingerprint density at radius 2 is 1.80 bits per heavy atom. The predicted octanol–water partition coefficient (Wildman–Crippen LogP) is 3.42. The lowest BCUT2D eigenvalue weighted by Crippen LogP contribution is -2.15. The van der Waals surface area contributed by atoms with Crippen molar-refractivity contribution in [1.82, 2.24) is 0 Å². The highest BCUT2D eigenvalue weighted by atomic mass is 35.5. The van der Waals surface area contributed by atoms with E-state index in [4.69, 9.17) is 46.3 Å². The number of benzene rings is 1. The molecule has 0 amide bonds. The van der Waals surface area contributed by atoms with Crippen LogP contribution in [0.2, 0.25) is 15.1 Å². The molecule has 0 unspecified atom stereocenters. The summed E-state index contributed by atoms with van der Waals surface area (Å²) < 4.78 is 0. The largest absolute Gasteiger partial charge is 0.330 e. The summed E-state index contributed by atoms with van der Waals surface area (Å²) in [5.41, 5.74) is 12.0. The zero-order valence-corrected chi connectivity index (χ0v) is 10.9. The van der Waals surface area contributed by atoms with Crippen molar-refractivity contribution in [2.45, 2.75) is 12.5 Å². The van der Waals surface area contributed by atoms with Crippen molar-refractivity contribution < 1.29 is 0 Å². The third kappa shape index (κ3) is 3.99. The van der Waals surface area contributed by atoms with Crippen LogP contribution in [0.15, 0.2) is 12.1 Å². The maximum Gasteiger partial charge on any atom is 0.0641 e. The van der Waals surface area contributed by atoms with Crippen molar-refractivity contribution in [3.63, 3.8) is 0 Å². The summed E-state index contributed by atoms with van der Waals surface area (Å²) >= 11 is 17.7. The Morgan fingerprint density at radius 1 is 1.20 bits per heavy atom. The van der Waals surface area contributed by atoms with Gasteiger partial charge >= 0.3 is 0 Å². The third-order valence-electron chi connectivity index (χ3n) is 1.90. The molecule has 0 aromatic heterocycles. The zero-order chi connectivity index (χ0) is 10.7. The molecule has 1 aromatic carbocycles. The molecular weight excluding hydrogens is 278 g/mol. The minimum Gasteiger partial charge on any atom is -0.330 e. The third-order valence-corrected chi connectivity index (χ3v) is 2.93. The first kappa shape index (κ1) is 15.3. The van der Waals surface area contributed by atoms with Crippen LogP contribution >= 0.6 is 47.2 Å². The van der Waals surface area contributed by atoms with E-state index in [0.29, 0.717) is 28.0 Å². The molecule has 0 spiro atoms. The Balaban J connectivity index is 0.00000196. The molecule has 0 aliphatic heterocycles. The van der Waals surface area contributed by atoms with E-state index in [-0.39, 0.29) is 18.4 Å². The van der Waals surface area contributed by atoms with Gasteiger partial charge in [0, 0.05) is 11.1 Å². The monoisotopic (exact) mass is 288 g/mol. The van der Waals surface area contributed by atoms with Gasteiger partial charge in [0.05, 0.1) is 10.0 Å². The Labute approximate surface area is 110 Å². The molecule has 4 N–H and O–H groups in total. The second-order valence-corrected chi connectivity index (χ2v) is 4.20. The van der Waals surface area contributed by atoms with Crippen molar-refractivity contribution in [1.29, 1.82) is 0 Å². The molecule has 2 nitrogen and oxygen atoms in total. The molecule has 0 saturated heterocycles. The second kappa shape index (κ2) is 6.79. The number of hydrogen-bond acceptors (Lipinski definition) is 2. The highest BCUT2D eigenvalue weighted by Gasteiger charge is 2.13. The molecule has 6 heteroatoms. The molecule has 0 bridgehead atoms. The van der Waals surface area contributed by atoms with Crippen LogP contribution in [0.1, 0.15) is 18.0 Å². The molecule has 0 radical (unpaired) electrons. The molecule has 1 rings (SSSR count). The topological polar surface area (TPSA) is 52.0 Å². The fourth-order valence-corrected chi connectivity index (χ4v) is 1.94. The molecule has 0 aliphatic rings. The van der Waals surface area contributed by atoms with Gasteiger partial charge in [0.1, 0.15) is 0 Å². The summed E-state index contributed by atoms with van der Waals surface area (Å²) in [6.07, 6.45) is 0.649. The first-order valence-electron chi connectivity index (χ1n) is 4.16. The lowest BCUT2D eigenvalue weighted by Gasteiger charge is -2.13. The predicted molar refractivity (Wildman–Crippen MR) is 69.3 cm³/mol. The number of halogens is 4. The first-order valence-corrected chi connectivity index (χ1v) is 5.29. The number of rotatable bonds is 3. The fourth-order valence-electron chi connectivity index (χ4n) is 1.18. The van der Waals surface area contributed by atoms with Crippen LogP contribution < -0.4 is 11.5 Å². The smallest absolute Gasteiger partial charge is 0.0641 e. The lowest BCUT2D eigenvalue weighted by molar-refractivity contribution is 0.661. The zero-order valence-electron chi connectivity index (χ0n) is 7.84.